The predicted molar refractivity (Wildman–Crippen MR) is 125 cm³/mol. The van der Waals surface area contributed by atoms with E-state index in [-0.39, 0.29) is 30.9 Å². The zero-order chi connectivity index (χ0) is 23.5. The van der Waals surface area contributed by atoms with E-state index in [9.17, 15) is 14.4 Å². The molecule has 0 heterocycles. The second kappa shape index (κ2) is 11.9. The summed E-state index contributed by atoms with van der Waals surface area (Å²) in [7, 11) is 1.56. The Morgan fingerprint density at radius 1 is 0.727 bits per heavy atom. The number of hydrogen-bond donors (Lipinski definition) is 3. The molecular weight excluding hydrogens is 422 g/mol. The van der Waals surface area contributed by atoms with E-state index in [2.05, 4.69) is 16.0 Å². The van der Waals surface area contributed by atoms with Gasteiger partial charge in [-0.2, -0.15) is 0 Å². The van der Waals surface area contributed by atoms with Gasteiger partial charge in [0.2, 0.25) is 0 Å². The van der Waals surface area contributed by atoms with E-state index in [1.807, 2.05) is 6.07 Å². The zero-order valence-electron chi connectivity index (χ0n) is 18.2. The maximum absolute atomic E-state index is 12.3. The van der Waals surface area contributed by atoms with Crippen molar-refractivity contribution in [2.24, 2.45) is 0 Å². The van der Waals surface area contributed by atoms with Crippen LogP contribution in [-0.4, -0.2) is 44.5 Å². The first-order valence-corrected chi connectivity index (χ1v) is 10.3. The topological polar surface area (TPSA) is 106 Å². The molecule has 3 aromatic carbocycles. The quantitative estimate of drug-likeness (QED) is 0.415. The van der Waals surface area contributed by atoms with Gasteiger partial charge in [-0.25, -0.2) is 0 Å². The van der Waals surface area contributed by atoms with E-state index in [0.29, 0.717) is 34.9 Å². The summed E-state index contributed by atoms with van der Waals surface area (Å²) in [5.74, 6) is 0.365. The Balaban J connectivity index is 1.39. The number of nitrogens with one attached hydrogen (secondary N) is 3. The maximum atomic E-state index is 12.3. The van der Waals surface area contributed by atoms with Gasteiger partial charge in [-0.3, -0.25) is 14.4 Å². The van der Waals surface area contributed by atoms with Gasteiger partial charge >= 0.3 is 0 Å². The number of ether oxygens (including phenoxy) is 2. The zero-order valence-corrected chi connectivity index (χ0v) is 18.2. The van der Waals surface area contributed by atoms with Gasteiger partial charge in [-0.15, -0.1) is 0 Å². The van der Waals surface area contributed by atoms with E-state index in [1.54, 1.807) is 79.9 Å². The molecule has 0 fully saturated rings. The van der Waals surface area contributed by atoms with Gasteiger partial charge in [-0.1, -0.05) is 24.3 Å². The average molecular weight is 447 g/mol. The van der Waals surface area contributed by atoms with Crippen molar-refractivity contribution in [2.75, 3.05) is 32.1 Å². The van der Waals surface area contributed by atoms with E-state index in [1.165, 1.54) is 0 Å². The molecule has 3 aromatic rings. The van der Waals surface area contributed by atoms with Crippen molar-refractivity contribution in [1.29, 1.82) is 0 Å². The van der Waals surface area contributed by atoms with E-state index < -0.39 is 0 Å². The molecule has 0 bridgehead atoms. The average Bonchev–Trinajstić information content (AvgIpc) is 2.86. The highest BCUT2D eigenvalue weighted by atomic mass is 16.5. The molecule has 0 unspecified atom stereocenters. The molecule has 0 saturated carbocycles. The summed E-state index contributed by atoms with van der Waals surface area (Å²) < 4.78 is 10.6. The van der Waals surface area contributed by atoms with Crippen molar-refractivity contribution in [2.45, 2.75) is 0 Å². The van der Waals surface area contributed by atoms with Gasteiger partial charge in [-0.05, 0) is 48.5 Å². The molecule has 3 N–H and O–H groups in total. The first kappa shape index (κ1) is 23.3. The number of benzene rings is 3. The summed E-state index contributed by atoms with van der Waals surface area (Å²) in [6.45, 7) is 0.433. The van der Waals surface area contributed by atoms with Crippen LogP contribution in [0.5, 0.6) is 11.5 Å². The number of methoxy groups -OCH3 is 1. The molecule has 8 heteroatoms. The molecule has 0 saturated heterocycles. The van der Waals surface area contributed by atoms with Crippen molar-refractivity contribution < 1.29 is 23.9 Å². The van der Waals surface area contributed by atoms with Crippen molar-refractivity contribution >= 4 is 23.4 Å². The lowest BCUT2D eigenvalue weighted by molar-refractivity contribution is -0.118. The molecule has 0 spiro atoms. The molecule has 33 heavy (non-hydrogen) atoms. The summed E-state index contributed by atoms with van der Waals surface area (Å²) in [6, 6.07) is 22.3. The van der Waals surface area contributed by atoms with Gasteiger partial charge in [0, 0.05) is 36.0 Å². The highest BCUT2D eigenvalue weighted by Crippen LogP contribution is 2.18. The molecule has 0 aliphatic carbocycles. The van der Waals surface area contributed by atoms with Crippen LogP contribution in [0.4, 0.5) is 5.69 Å². The molecule has 0 atom stereocenters. The Morgan fingerprint density at radius 3 is 1.97 bits per heavy atom. The summed E-state index contributed by atoms with van der Waals surface area (Å²) in [4.78, 5) is 36.3. The molecule has 3 amide bonds. The molecule has 0 aromatic heterocycles. The largest absolute Gasteiger partial charge is 0.497 e. The number of hydrogen-bond acceptors (Lipinski definition) is 5. The summed E-state index contributed by atoms with van der Waals surface area (Å²) in [5, 5.41) is 8.20. The smallest absolute Gasteiger partial charge is 0.262 e. The van der Waals surface area contributed by atoms with Gasteiger partial charge in [0.15, 0.2) is 6.61 Å². The number of anilines is 1. The van der Waals surface area contributed by atoms with Crippen LogP contribution in [0, 0.1) is 0 Å². The Labute approximate surface area is 191 Å². The summed E-state index contributed by atoms with van der Waals surface area (Å²) in [5.41, 5.74) is 1.55. The molecule has 0 radical (unpaired) electrons. The highest BCUT2D eigenvalue weighted by molar-refractivity contribution is 5.96. The van der Waals surface area contributed by atoms with Gasteiger partial charge in [0.05, 0.1) is 7.11 Å². The Hall–Kier alpha value is -4.33. The summed E-state index contributed by atoms with van der Waals surface area (Å²) >= 11 is 0. The predicted octanol–water partition coefficient (Wildman–Crippen LogP) is 2.87. The Bertz CT molecular complexity index is 1080. The first-order chi connectivity index (χ1) is 16.0. The SMILES string of the molecule is COc1cccc(OCC(=O)Nc2ccc(C(=O)NCCNC(=O)c3ccccc3)cc2)c1. The van der Waals surface area contributed by atoms with Crippen LogP contribution in [0.15, 0.2) is 78.9 Å². The second-order valence-corrected chi connectivity index (χ2v) is 6.97. The maximum Gasteiger partial charge on any atom is 0.262 e. The molecule has 170 valence electrons. The number of amides is 3. The van der Waals surface area contributed by atoms with Crippen LogP contribution < -0.4 is 25.4 Å². The monoisotopic (exact) mass is 447 g/mol. The standard InChI is InChI=1S/C25H25N3O5/c1-32-21-8-5-9-22(16-21)33-17-23(29)28-20-12-10-19(11-13-20)25(31)27-15-14-26-24(30)18-6-3-2-4-7-18/h2-13,16H,14-15,17H2,1H3,(H,26,30)(H,27,31)(H,28,29). The third kappa shape index (κ3) is 7.39. The Kier molecular flexibility index (Phi) is 8.41. The lowest BCUT2D eigenvalue weighted by Gasteiger charge is -2.10. The summed E-state index contributed by atoms with van der Waals surface area (Å²) in [6.07, 6.45) is 0. The van der Waals surface area contributed by atoms with Crippen LogP contribution >= 0.6 is 0 Å². The molecule has 8 nitrogen and oxygen atoms in total. The lowest BCUT2D eigenvalue weighted by Crippen LogP contribution is -2.34. The van der Waals surface area contributed by atoms with Crippen LogP contribution in [0.1, 0.15) is 20.7 Å². The minimum Gasteiger partial charge on any atom is -0.497 e. The fraction of sp³-hybridized carbons (Fsp3) is 0.160. The van der Waals surface area contributed by atoms with E-state index in [0.717, 1.165) is 0 Å². The van der Waals surface area contributed by atoms with Gasteiger partial charge in [0.25, 0.3) is 17.7 Å². The second-order valence-electron chi connectivity index (χ2n) is 6.97. The van der Waals surface area contributed by atoms with Crippen molar-refractivity contribution in [3.05, 3.63) is 90.0 Å². The van der Waals surface area contributed by atoms with Crippen LogP contribution in [0.25, 0.3) is 0 Å². The van der Waals surface area contributed by atoms with E-state index >= 15 is 0 Å². The third-order valence-corrected chi connectivity index (χ3v) is 4.57. The van der Waals surface area contributed by atoms with Crippen molar-refractivity contribution in [3.8, 4) is 11.5 Å². The number of carbonyl (C=O) groups excluding carboxylic acids is 3. The normalized spacial score (nSPS) is 10.1. The molecule has 3 rings (SSSR count). The van der Waals surface area contributed by atoms with Crippen LogP contribution in [-0.2, 0) is 4.79 Å². The third-order valence-electron chi connectivity index (χ3n) is 4.57. The molecular formula is C25H25N3O5. The van der Waals surface area contributed by atoms with Crippen LogP contribution in [0.3, 0.4) is 0 Å². The van der Waals surface area contributed by atoms with Crippen molar-refractivity contribution in [3.63, 3.8) is 0 Å². The first-order valence-electron chi connectivity index (χ1n) is 10.3. The minimum atomic E-state index is -0.329. The fourth-order valence-corrected chi connectivity index (χ4v) is 2.89. The van der Waals surface area contributed by atoms with E-state index in [4.69, 9.17) is 9.47 Å². The molecule has 0 aliphatic rings. The Morgan fingerprint density at radius 2 is 1.33 bits per heavy atom. The highest BCUT2D eigenvalue weighted by Gasteiger charge is 2.08. The fourth-order valence-electron chi connectivity index (χ4n) is 2.89. The van der Waals surface area contributed by atoms with Gasteiger partial charge in [0.1, 0.15) is 11.5 Å². The van der Waals surface area contributed by atoms with Gasteiger partial charge < -0.3 is 25.4 Å². The van der Waals surface area contributed by atoms with Crippen molar-refractivity contribution in [1.82, 2.24) is 10.6 Å². The molecule has 0 aliphatic heterocycles. The number of carbonyl (C=O) groups is 3. The lowest BCUT2D eigenvalue weighted by atomic mass is 10.2. The number of rotatable bonds is 10. The minimum absolute atomic E-state index is 0.163. The van der Waals surface area contributed by atoms with Crippen LogP contribution in [0.2, 0.25) is 0 Å².